The zero-order valence-electron chi connectivity index (χ0n) is 9.14. The second-order valence-corrected chi connectivity index (χ2v) is 5.86. The molecule has 0 aliphatic heterocycles. The Labute approximate surface area is 115 Å². The molecule has 1 atom stereocenters. The summed E-state index contributed by atoms with van der Waals surface area (Å²) >= 11 is 11.8. The molecule has 2 aromatic carbocycles. The maximum atomic E-state index is 12.1. The smallest absolute Gasteiger partial charge is 0.234 e. The maximum absolute atomic E-state index is 12.1. The fraction of sp³-hybridized carbons (Fsp3) is 0. The van der Waals surface area contributed by atoms with Crippen molar-refractivity contribution in [3.05, 3.63) is 64.1 Å². The SMILES string of the molecule is O=C(c1c(Cl)cccc1Cl)[P+](=O)c1ccccc1. The van der Waals surface area contributed by atoms with Gasteiger partial charge in [0, 0.05) is 0 Å². The lowest BCUT2D eigenvalue weighted by Gasteiger charge is -1.98. The third-order valence-corrected chi connectivity index (χ3v) is 4.34. The number of carbonyl (C=O) groups excluding carboxylic acids is 1. The van der Waals surface area contributed by atoms with Crippen molar-refractivity contribution in [3.63, 3.8) is 0 Å². The Morgan fingerprint density at radius 1 is 0.889 bits per heavy atom. The zero-order valence-corrected chi connectivity index (χ0v) is 11.5. The van der Waals surface area contributed by atoms with Gasteiger partial charge in [-0.25, -0.2) is 4.79 Å². The van der Waals surface area contributed by atoms with E-state index >= 15 is 0 Å². The summed E-state index contributed by atoms with van der Waals surface area (Å²) in [7, 11) is -2.20. The van der Waals surface area contributed by atoms with Gasteiger partial charge in [-0.05, 0) is 24.3 Å². The Kier molecular flexibility index (Phi) is 4.13. The lowest BCUT2D eigenvalue weighted by Crippen LogP contribution is -2.04. The van der Waals surface area contributed by atoms with Gasteiger partial charge in [0.05, 0.1) is 10.0 Å². The van der Waals surface area contributed by atoms with E-state index in [0.29, 0.717) is 5.30 Å². The number of benzene rings is 2. The fourth-order valence-corrected chi connectivity index (χ4v) is 3.31. The van der Waals surface area contributed by atoms with Crippen LogP contribution in [0.25, 0.3) is 0 Å². The molecule has 0 fully saturated rings. The Bertz CT molecular complexity index is 591. The predicted molar refractivity (Wildman–Crippen MR) is 74.5 cm³/mol. The van der Waals surface area contributed by atoms with E-state index in [9.17, 15) is 9.36 Å². The highest BCUT2D eigenvalue weighted by Crippen LogP contribution is 2.34. The molecule has 0 amide bonds. The minimum absolute atomic E-state index is 0.116. The average molecular weight is 298 g/mol. The van der Waals surface area contributed by atoms with Crippen LogP contribution in [0.3, 0.4) is 0 Å². The van der Waals surface area contributed by atoms with Gasteiger partial charge >= 0.3 is 13.3 Å². The van der Waals surface area contributed by atoms with E-state index in [1.807, 2.05) is 0 Å². The molecule has 0 heterocycles. The van der Waals surface area contributed by atoms with Gasteiger partial charge in [0.2, 0.25) is 0 Å². The van der Waals surface area contributed by atoms with Crippen molar-refractivity contribution in [2.75, 3.05) is 0 Å². The van der Waals surface area contributed by atoms with Crippen LogP contribution in [0.2, 0.25) is 10.0 Å². The normalized spacial score (nSPS) is 11.1. The van der Waals surface area contributed by atoms with Crippen molar-refractivity contribution in [2.45, 2.75) is 0 Å². The quantitative estimate of drug-likeness (QED) is 0.792. The maximum Gasteiger partial charge on any atom is 0.458 e. The number of carbonyl (C=O) groups is 1. The van der Waals surface area contributed by atoms with Gasteiger partial charge in [0.1, 0.15) is 5.56 Å². The average Bonchev–Trinajstić information content (AvgIpc) is 2.38. The van der Waals surface area contributed by atoms with E-state index < -0.39 is 13.3 Å². The van der Waals surface area contributed by atoms with Gasteiger partial charge in [-0.2, -0.15) is 0 Å². The lowest BCUT2D eigenvalue weighted by molar-refractivity contribution is 0.108. The summed E-state index contributed by atoms with van der Waals surface area (Å²) < 4.78 is 12.1. The predicted octanol–water partition coefficient (Wildman–Crippen LogP) is 4.29. The summed E-state index contributed by atoms with van der Waals surface area (Å²) in [4.78, 5) is 12.1. The van der Waals surface area contributed by atoms with Crippen molar-refractivity contribution in [1.82, 2.24) is 0 Å². The molecule has 90 valence electrons. The molecule has 0 aliphatic carbocycles. The van der Waals surface area contributed by atoms with E-state index in [-0.39, 0.29) is 15.6 Å². The second-order valence-electron chi connectivity index (χ2n) is 3.53. The first kappa shape index (κ1) is 13.2. The Morgan fingerprint density at radius 3 is 2.00 bits per heavy atom. The van der Waals surface area contributed by atoms with E-state index in [0.717, 1.165) is 0 Å². The van der Waals surface area contributed by atoms with Gasteiger partial charge in [0.25, 0.3) is 0 Å². The van der Waals surface area contributed by atoms with Gasteiger partial charge < -0.3 is 0 Å². The van der Waals surface area contributed by atoms with Crippen LogP contribution in [-0.2, 0) is 4.57 Å². The van der Waals surface area contributed by atoms with E-state index in [1.54, 1.807) is 48.5 Å². The molecular formula is C13H8Cl2O2P+. The summed E-state index contributed by atoms with van der Waals surface area (Å²) in [6.07, 6.45) is 0. The summed E-state index contributed by atoms with van der Waals surface area (Å²) in [5.74, 6) is 0. The van der Waals surface area contributed by atoms with Gasteiger partial charge in [0.15, 0.2) is 5.30 Å². The molecule has 0 saturated heterocycles. The highest BCUT2D eigenvalue weighted by atomic mass is 35.5. The van der Waals surface area contributed by atoms with Crippen LogP contribution in [0.4, 0.5) is 0 Å². The largest absolute Gasteiger partial charge is 0.458 e. The summed E-state index contributed by atoms with van der Waals surface area (Å²) in [6.45, 7) is 0. The molecule has 0 aliphatic rings. The molecule has 5 heteroatoms. The molecule has 2 aromatic rings. The van der Waals surface area contributed by atoms with Gasteiger partial charge in [-0.15, -0.1) is 0 Å². The van der Waals surface area contributed by atoms with Crippen LogP contribution in [0.1, 0.15) is 10.4 Å². The van der Waals surface area contributed by atoms with Crippen LogP contribution in [0, 0.1) is 0 Å². The van der Waals surface area contributed by atoms with Crippen molar-refractivity contribution in [1.29, 1.82) is 0 Å². The molecule has 2 rings (SSSR count). The van der Waals surface area contributed by atoms with Gasteiger partial charge in [-0.3, -0.25) is 0 Å². The number of hydrogen-bond acceptors (Lipinski definition) is 2. The van der Waals surface area contributed by atoms with Crippen LogP contribution in [0.15, 0.2) is 48.5 Å². The minimum Gasteiger partial charge on any atom is -0.234 e. The van der Waals surface area contributed by atoms with E-state index in [2.05, 4.69) is 0 Å². The van der Waals surface area contributed by atoms with Crippen molar-refractivity contribution >= 4 is 41.8 Å². The van der Waals surface area contributed by atoms with Crippen LogP contribution >= 0.6 is 31.0 Å². The molecule has 0 radical (unpaired) electrons. The first-order valence-corrected chi connectivity index (χ1v) is 7.13. The highest BCUT2D eigenvalue weighted by Gasteiger charge is 2.35. The molecule has 2 nitrogen and oxygen atoms in total. The van der Waals surface area contributed by atoms with E-state index in [4.69, 9.17) is 23.2 Å². The molecule has 1 unspecified atom stereocenters. The topological polar surface area (TPSA) is 34.1 Å². The van der Waals surface area contributed by atoms with Crippen LogP contribution < -0.4 is 5.30 Å². The third-order valence-electron chi connectivity index (χ3n) is 2.35. The van der Waals surface area contributed by atoms with Gasteiger partial charge in [-0.1, -0.05) is 52.0 Å². The Morgan fingerprint density at radius 2 is 1.44 bits per heavy atom. The molecular weight excluding hydrogens is 290 g/mol. The van der Waals surface area contributed by atoms with Crippen molar-refractivity contribution < 1.29 is 9.36 Å². The summed E-state index contributed by atoms with van der Waals surface area (Å²) in [6, 6.07) is 13.3. The molecule has 0 aromatic heterocycles. The van der Waals surface area contributed by atoms with Crippen molar-refractivity contribution in [3.8, 4) is 0 Å². The first-order chi connectivity index (χ1) is 8.61. The minimum atomic E-state index is -2.20. The molecule has 0 N–H and O–H groups in total. The number of rotatable bonds is 3. The standard InChI is InChI=1S/C13H8Cl2O2P/c14-10-7-4-8-11(15)12(10)13(16)18(17)9-5-2-1-3-6-9/h1-8H/q+1. The van der Waals surface area contributed by atoms with Crippen LogP contribution in [0.5, 0.6) is 0 Å². The summed E-state index contributed by atoms with van der Waals surface area (Å²) in [5, 5.41) is 0.895. The molecule has 0 spiro atoms. The van der Waals surface area contributed by atoms with Crippen LogP contribution in [-0.4, -0.2) is 5.52 Å². The molecule has 0 saturated carbocycles. The Balaban J connectivity index is 2.41. The van der Waals surface area contributed by atoms with Crippen molar-refractivity contribution in [2.24, 2.45) is 0 Å². The molecule has 18 heavy (non-hydrogen) atoms. The summed E-state index contributed by atoms with van der Waals surface area (Å²) in [5.41, 5.74) is -0.433. The third kappa shape index (κ3) is 2.62. The van der Waals surface area contributed by atoms with E-state index in [1.165, 1.54) is 0 Å². The fourth-order valence-electron chi connectivity index (χ4n) is 1.48. The Hall–Kier alpha value is -1.21. The number of hydrogen-bond donors (Lipinski definition) is 0. The second kappa shape index (κ2) is 5.62. The number of halogens is 2. The zero-order chi connectivity index (χ0) is 13.1. The first-order valence-electron chi connectivity index (χ1n) is 5.12. The highest BCUT2D eigenvalue weighted by molar-refractivity contribution is 7.71. The lowest BCUT2D eigenvalue weighted by atomic mass is 10.2. The monoisotopic (exact) mass is 297 g/mol. The molecule has 0 bridgehead atoms.